The predicted molar refractivity (Wildman–Crippen MR) is 119 cm³/mol. The van der Waals surface area contributed by atoms with Gasteiger partial charge in [0.2, 0.25) is 5.91 Å². The van der Waals surface area contributed by atoms with Gasteiger partial charge in [0.1, 0.15) is 5.75 Å². The molecule has 0 aromatic heterocycles. The van der Waals surface area contributed by atoms with Crippen LogP contribution in [-0.2, 0) is 9.59 Å². The Hall–Kier alpha value is -2.30. The Balaban J connectivity index is 1.94. The molecule has 1 aliphatic heterocycles. The lowest BCUT2D eigenvalue weighted by atomic mass is 9.69. The number of allylic oxidation sites excluding steroid dienone is 2. The standard InChI is InChI=1S/C24H23Cl2NO3/c1-24(2)12-19-23(20(28)13-24)16(15-6-4-5-7-21(15)30-3)11-22(29)27(19)18-9-8-14(25)10-17(18)26/h4-10,16H,11-13H2,1-3H3. The Labute approximate surface area is 186 Å². The number of rotatable bonds is 3. The van der Waals surface area contributed by atoms with Gasteiger partial charge in [-0.3, -0.25) is 14.5 Å². The molecule has 0 saturated heterocycles. The number of anilines is 1. The first-order chi connectivity index (χ1) is 14.2. The molecule has 2 aliphatic rings. The lowest BCUT2D eigenvalue weighted by molar-refractivity contribution is -0.121. The summed E-state index contributed by atoms with van der Waals surface area (Å²) in [6, 6.07) is 12.6. The van der Waals surface area contributed by atoms with Crippen molar-refractivity contribution in [2.75, 3.05) is 12.0 Å². The number of amides is 1. The van der Waals surface area contributed by atoms with Crippen LogP contribution in [0.1, 0.15) is 44.6 Å². The van der Waals surface area contributed by atoms with Gasteiger partial charge in [-0.1, -0.05) is 55.2 Å². The molecule has 1 atom stereocenters. The molecule has 0 radical (unpaired) electrons. The minimum Gasteiger partial charge on any atom is -0.496 e. The van der Waals surface area contributed by atoms with Gasteiger partial charge in [0.05, 0.1) is 17.8 Å². The molecular formula is C24H23Cl2NO3. The second kappa shape index (κ2) is 7.75. The minimum atomic E-state index is -0.338. The number of carbonyl (C=O) groups excluding carboxylic acids is 2. The molecule has 6 heteroatoms. The van der Waals surface area contributed by atoms with Crippen molar-refractivity contribution in [2.24, 2.45) is 5.41 Å². The minimum absolute atomic E-state index is 0.0692. The number of nitrogens with zero attached hydrogens (tertiary/aromatic N) is 1. The van der Waals surface area contributed by atoms with Crippen LogP contribution in [0.4, 0.5) is 5.69 Å². The Kier molecular flexibility index (Phi) is 5.41. The Morgan fingerprint density at radius 2 is 1.80 bits per heavy atom. The van der Waals surface area contributed by atoms with E-state index < -0.39 is 0 Å². The number of hydrogen-bond donors (Lipinski definition) is 0. The summed E-state index contributed by atoms with van der Waals surface area (Å²) in [4.78, 5) is 28.4. The van der Waals surface area contributed by atoms with Gasteiger partial charge in [-0.15, -0.1) is 0 Å². The third kappa shape index (κ3) is 3.63. The highest BCUT2D eigenvalue weighted by atomic mass is 35.5. The molecule has 2 aromatic rings. The first-order valence-corrected chi connectivity index (χ1v) is 10.6. The van der Waals surface area contributed by atoms with E-state index in [4.69, 9.17) is 27.9 Å². The van der Waals surface area contributed by atoms with Crippen molar-refractivity contribution in [2.45, 2.75) is 39.0 Å². The van der Waals surface area contributed by atoms with Crippen LogP contribution in [0.2, 0.25) is 10.0 Å². The van der Waals surface area contributed by atoms with Crippen molar-refractivity contribution in [3.63, 3.8) is 0 Å². The van der Waals surface area contributed by atoms with E-state index in [1.165, 1.54) is 0 Å². The highest BCUT2D eigenvalue weighted by Gasteiger charge is 2.45. The first kappa shape index (κ1) is 21.0. The third-order valence-corrected chi connectivity index (χ3v) is 6.35. The maximum atomic E-state index is 13.4. The summed E-state index contributed by atoms with van der Waals surface area (Å²) in [7, 11) is 1.60. The SMILES string of the molecule is COc1ccccc1C1CC(=O)N(c2ccc(Cl)cc2Cl)C2=C1C(=O)CC(C)(C)C2. The average molecular weight is 444 g/mol. The summed E-state index contributed by atoms with van der Waals surface area (Å²) in [6.07, 6.45) is 1.21. The Morgan fingerprint density at radius 1 is 1.07 bits per heavy atom. The van der Waals surface area contributed by atoms with Crippen LogP contribution in [0.5, 0.6) is 5.75 Å². The van der Waals surface area contributed by atoms with Gasteiger partial charge in [0, 0.05) is 40.6 Å². The summed E-state index contributed by atoms with van der Waals surface area (Å²) in [5.41, 5.74) is 2.58. The zero-order chi connectivity index (χ0) is 21.6. The van der Waals surface area contributed by atoms with Gasteiger partial charge in [-0.2, -0.15) is 0 Å². The number of para-hydroxylation sites is 1. The molecule has 0 N–H and O–H groups in total. The monoisotopic (exact) mass is 443 g/mol. The van der Waals surface area contributed by atoms with Crippen molar-refractivity contribution in [3.8, 4) is 5.75 Å². The van der Waals surface area contributed by atoms with Crippen molar-refractivity contribution in [1.29, 1.82) is 0 Å². The van der Waals surface area contributed by atoms with Crippen LogP contribution in [-0.4, -0.2) is 18.8 Å². The van der Waals surface area contributed by atoms with Crippen LogP contribution in [0.15, 0.2) is 53.7 Å². The van der Waals surface area contributed by atoms with Gasteiger partial charge in [0.25, 0.3) is 0 Å². The molecule has 2 aromatic carbocycles. The van der Waals surface area contributed by atoms with Gasteiger partial charge >= 0.3 is 0 Å². The van der Waals surface area contributed by atoms with E-state index in [1.807, 2.05) is 38.1 Å². The summed E-state index contributed by atoms with van der Waals surface area (Å²) in [5, 5.41) is 0.878. The van der Waals surface area contributed by atoms with E-state index in [0.717, 1.165) is 11.3 Å². The van der Waals surface area contributed by atoms with Crippen LogP contribution < -0.4 is 9.64 Å². The van der Waals surface area contributed by atoms with Gasteiger partial charge < -0.3 is 4.74 Å². The maximum Gasteiger partial charge on any atom is 0.232 e. The summed E-state index contributed by atoms with van der Waals surface area (Å²) in [6.45, 7) is 4.10. The van der Waals surface area contributed by atoms with Crippen LogP contribution >= 0.6 is 23.2 Å². The third-order valence-electron chi connectivity index (χ3n) is 5.81. The van der Waals surface area contributed by atoms with Gasteiger partial charge in [0.15, 0.2) is 5.78 Å². The second-order valence-electron chi connectivity index (χ2n) is 8.62. The summed E-state index contributed by atoms with van der Waals surface area (Å²) >= 11 is 12.5. The molecule has 0 bridgehead atoms. The molecule has 30 heavy (non-hydrogen) atoms. The fraction of sp³-hybridized carbons (Fsp3) is 0.333. The normalized spacial score (nSPS) is 21.0. The van der Waals surface area contributed by atoms with Crippen LogP contribution in [0.25, 0.3) is 0 Å². The van der Waals surface area contributed by atoms with Crippen molar-refractivity contribution in [3.05, 3.63) is 69.3 Å². The highest BCUT2D eigenvalue weighted by molar-refractivity contribution is 6.37. The number of carbonyl (C=O) groups is 2. The first-order valence-electron chi connectivity index (χ1n) is 9.89. The molecule has 1 aliphatic carbocycles. The lowest BCUT2D eigenvalue weighted by Crippen LogP contribution is -2.43. The molecular weight excluding hydrogens is 421 g/mol. The average Bonchev–Trinajstić information content (AvgIpc) is 2.67. The molecule has 4 nitrogen and oxygen atoms in total. The molecule has 156 valence electrons. The van der Waals surface area contributed by atoms with Crippen LogP contribution in [0, 0.1) is 5.41 Å². The highest BCUT2D eigenvalue weighted by Crippen LogP contribution is 2.50. The topological polar surface area (TPSA) is 46.6 Å². The lowest BCUT2D eigenvalue weighted by Gasteiger charge is -2.43. The van der Waals surface area contributed by atoms with Gasteiger partial charge in [-0.25, -0.2) is 0 Å². The quantitative estimate of drug-likeness (QED) is 0.569. The molecule has 1 heterocycles. The molecule has 4 rings (SSSR count). The fourth-order valence-electron chi connectivity index (χ4n) is 4.58. The van der Waals surface area contributed by atoms with Crippen molar-refractivity contribution in [1.82, 2.24) is 0 Å². The zero-order valence-corrected chi connectivity index (χ0v) is 18.7. The second-order valence-corrected chi connectivity index (χ2v) is 9.47. The smallest absolute Gasteiger partial charge is 0.232 e. The van der Waals surface area contributed by atoms with Crippen molar-refractivity contribution >= 4 is 40.6 Å². The van der Waals surface area contributed by atoms with E-state index in [2.05, 4.69) is 0 Å². The van der Waals surface area contributed by atoms with E-state index in [-0.39, 0.29) is 29.4 Å². The van der Waals surface area contributed by atoms with E-state index in [1.54, 1.807) is 30.2 Å². The summed E-state index contributed by atoms with van der Waals surface area (Å²) < 4.78 is 5.54. The molecule has 0 fully saturated rings. The van der Waals surface area contributed by atoms with E-state index >= 15 is 0 Å². The molecule has 1 unspecified atom stereocenters. The number of benzene rings is 2. The number of methoxy groups -OCH3 is 1. The largest absolute Gasteiger partial charge is 0.496 e. The number of ketones is 1. The van der Waals surface area contributed by atoms with E-state index in [0.29, 0.717) is 39.9 Å². The number of halogens is 2. The Bertz CT molecular complexity index is 1070. The number of hydrogen-bond acceptors (Lipinski definition) is 3. The fourth-order valence-corrected chi connectivity index (χ4v) is 5.07. The van der Waals surface area contributed by atoms with Crippen LogP contribution in [0.3, 0.4) is 0 Å². The molecule has 1 amide bonds. The maximum absolute atomic E-state index is 13.4. The number of Topliss-reactive ketones (excluding diaryl/α,β-unsaturated/α-hetero) is 1. The van der Waals surface area contributed by atoms with E-state index in [9.17, 15) is 9.59 Å². The Morgan fingerprint density at radius 3 is 2.50 bits per heavy atom. The zero-order valence-electron chi connectivity index (χ0n) is 17.2. The molecule has 0 saturated carbocycles. The predicted octanol–water partition coefficient (Wildman–Crippen LogP) is 6.17. The number of ether oxygens (including phenoxy) is 1. The van der Waals surface area contributed by atoms with Gasteiger partial charge in [-0.05, 0) is 36.1 Å². The van der Waals surface area contributed by atoms with Crippen molar-refractivity contribution < 1.29 is 14.3 Å². The molecule has 0 spiro atoms. The summed E-state index contributed by atoms with van der Waals surface area (Å²) in [5.74, 6) is 0.312.